The zero-order valence-corrected chi connectivity index (χ0v) is 15.9. The predicted molar refractivity (Wildman–Crippen MR) is 102 cm³/mol. The van der Waals surface area contributed by atoms with Crippen molar-refractivity contribution in [2.24, 2.45) is 5.92 Å². The third-order valence-electron chi connectivity index (χ3n) is 4.91. The van der Waals surface area contributed by atoms with Crippen molar-refractivity contribution < 1.29 is 23.9 Å². The van der Waals surface area contributed by atoms with Gasteiger partial charge >= 0.3 is 11.9 Å². The van der Waals surface area contributed by atoms with Crippen molar-refractivity contribution >= 4 is 17.8 Å². The van der Waals surface area contributed by atoms with Crippen molar-refractivity contribution in [1.82, 2.24) is 5.32 Å². The molecule has 2 unspecified atom stereocenters. The molecular weight excluding hydrogens is 358 g/mol. The Bertz CT molecular complexity index is 862. The number of hydrogen-bond donors (Lipinski definition) is 1. The van der Waals surface area contributed by atoms with Gasteiger partial charge in [0.1, 0.15) is 0 Å². The number of hydrogen-bond acceptors (Lipinski definition) is 5. The molecule has 1 amide bonds. The van der Waals surface area contributed by atoms with Gasteiger partial charge in [-0.15, -0.1) is 0 Å². The smallest absolute Gasteiger partial charge is 0.337 e. The summed E-state index contributed by atoms with van der Waals surface area (Å²) >= 11 is 0. The van der Waals surface area contributed by atoms with Crippen molar-refractivity contribution in [3.05, 3.63) is 71.3 Å². The molecule has 1 N–H and O–H groups in total. The molecule has 1 saturated heterocycles. The van der Waals surface area contributed by atoms with Crippen LogP contribution in [0.3, 0.4) is 0 Å². The van der Waals surface area contributed by atoms with Crippen LogP contribution in [0.4, 0.5) is 0 Å². The Morgan fingerprint density at radius 3 is 2.39 bits per heavy atom. The van der Waals surface area contributed by atoms with Crippen molar-refractivity contribution in [2.75, 3.05) is 13.2 Å². The first kappa shape index (κ1) is 19.6. The molecule has 28 heavy (non-hydrogen) atoms. The number of nitrogens with one attached hydrogen (secondary N) is 1. The van der Waals surface area contributed by atoms with E-state index < -0.39 is 29.3 Å². The van der Waals surface area contributed by atoms with Gasteiger partial charge in [-0.05, 0) is 38.0 Å². The quantitative estimate of drug-likeness (QED) is 0.778. The molecule has 0 saturated carbocycles. The average molecular weight is 381 g/mol. The number of carbonyl (C=O) groups excluding carboxylic acids is 3. The number of esters is 2. The van der Waals surface area contributed by atoms with Gasteiger partial charge in [0.05, 0.1) is 19.1 Å². The summed E-state index contributed by atoms with van der Waals surface area (Å²) in [5, 5.41) is 2.83. The van der Waals surface area contributed by atoms with Crippen molar-refractivity contribution in [2.45, 2.75) is 25.8 Å². The summed E-state index contributed by atoms with van der Waals surface area (Å²) in [6.45, 7) is 3.92. The lowest BCUT2D eigenvalue weighted by molar-refractivity contribution is -0.159. The lowest BCUT2D eigenvalue weighted by Crippen LogP contribution is -2.58. The van der Waals surface area contributed by atoms with Gasteiger partial charge in [-0.3, -0.25) is 9.59 Å². The Morgan fingerprint density at radius 2 is 1.82 bits per heavy atom. The van der Waals surface area contributed by atoms with E-state index >= 15 is 0 Å². The Hall–Kier alpha value is -3.15. The standard InChI is InChI=1S/C22H23NO5/c1-3-27-21(26)22(18-13-14-28-20(18)25,17-11-9-15(2)10-12-17)23-19(24)16-7-5-4-6-8-16/h4-12,18H,3,13-14H2,1-2H3,(H,23,24). The molecule has 6 nitrogen and oxygen atoms in total. The van der Waals surface area contributed by atoms with E-state index in [1.165, 1.54) is 0 Å². The first-order valence-electron chi connectivity index (χ1n) is 9.27. The van der Waals surface area contributed by atoms with E-state index in [2.05, 4.69) is 5.32 Å². The van der Waals surface area contributed by atoms with Crippen LogP contribution in [-0.2, 0) is 24.6 Å². The minimum Gasteiger partial charge on any atom is -0.465 e. The summed E-state index contributed by atoms with van der Waals surface area (Å²) in [4.78, 5) is 38.7. The zero-order valence-electron chi connectivity index (χ0n) is 15.9. The summed E-state index contributed by atoms with van der Waals surface area (Å²) in [5.74, 6) is -2.54. The van der Waals surface area contributed by atoms with Gasteiger partial charge in [-0.1, -0.05) is 48.0 Å². The number of rotatable bonds is 6. The number of aryl methyl sites for hydroxylation is 1. The molecule has 0 aliphatic carbocycles. The highest BCUT2D eigenvalue weighted by atomic mass is 16.5. The van der Waals surface area contributed by atoms with Crippen LogP contribution >= 0.6 is 0 Å². The number of cyclic esters (lactones) is 1. The lowest BCUT2D eigenvalue weighted by atomic mass is 9.76. The van der Waals surface area contributed by atoms with Gasteiger partial charge in [0.2, 0.25) is 0 Å². The molecule has 0 spiro atoms. The van der Waals surface area contributed by atoms with Crippen LogP contribution in [0.15, 0.2) is 54.6 Å². The fraction of sp³-hybridized carbons (Fsp3) is 0.318. The van der Waals surface area contributed by atoms with Crippen LogP contribution in [0.1, 0.15) is 34.8 Å². The summed E-state index contributed by atoms with van der Waals surface area (Å²) < 4.78 is 10.5. The highest BCUT2D eigenvalue weighted by Crippen LogP contribution is 2.38. The van der Waals surface area contributed by atoms with Gasteiger partial charge in [0.15, 0.2) is 5.54 Å². The van der Waals surface area contributed by atoms with E-state index in [1.54, 1.807) is 49.4 Å². The fourth-order valence-electron chi connectivity index (χ4n) is 3.46. The molecule has 6 heteroatoms. The molecule has 3 rings (SSSR count). The third kappa shape index (κ3) is 3.63. The van der Waals surface area contributed by atoms with Gasteiger partial charge in [-0.2, -0.15) is 0 Å². The van der Waals surface area contributed by atoms with Crippen molar-refractivity contribution in [1.29, 1.82) is 0 Å². The molecule has 2 aromatic rings. The fourth-order valence-corrected chi connectivity index (χ4v) is 3.46. The summed E-state index contributed by atoms with van der Waals surface area (Å²) in [5.41, 5.74) is 0.203. The van der Waals surface area contributed by atoms with E-state index in [0.29, 0.717) is 17.5 Å². The van der Waals surface area contributed by atoms with Crippen LogP contribution in [0.5, 0.6) is 0 Å². The Labute approximate surface area is 163 Å². The molecular formula is C22H23NO5. The Morgan fingerprint density at radius 1 is 1.14 bits per heavy atom. The molecule has 146 valence electrons. The van der Waals surface area contributed by atoms with E-state index in [0.717, 1.165) is 5.56 Å². The largest absolute Gasteiger partial charge is 0.465 e. The van der Waals surface area contributed by atoms with Crippen molar-refractivity contribution in [3.63, 3.8) is 0 Å². The molecule has 0 bridgehead atoms. The highest BCUT2D eigenvalue weighted by molar-refractivity contribution is 6.00. The predicted octanol–water partition coefficient (Wildman–Crippen LogP) is 2.75. The van der Waals surface area contributed by atoms with Crippen LogP contribution in [-0.4, -0.2) is 31.1 Å². The van der Waals surface area contributed by atoms with Crippen LogP contribution in [0.25, 0.3) is 0 Å². The Balaban J connectivity index is 2.14. The average Bonchev–Trinajstić information content (AvgIpc) is 3.14. The first-order valence-corrected chi connectivity index (χ1v) is 9.27. The maximum absolute atomic E-state index is 13.2. The second-order valence-electron chi connectivity index (χ2n) is 6.72. The second-order valence-corrected chi connectivity index (χ2v) is 6.72. The zero-order chi connectivity index (χ0) is 20.1. The third-order valence-corrected chi connectivity index (χ3v) is 4.91. The maximum Gasteiger partial charge on any atom is 0.337 e. The first-order chi connectivity index (χ1) is 13.5. The lowest BCUT2D eigenvalue weighted by Gasteiger charge is -2.36. The minimum atomic E-state index is -1.66. The molecule has 0 radical (unpaired) electrons. The number of amides is 1. The monoisotopic (exact) mass is 381 g/mol. The molecule has 2 atom stereocenters. The second kappa shape index (κ2) is 8.25. The van der Waals surface area contributed by atoms with Crippen LogP contribution in [0, 0.1) is 12.8 Å². The normalized spacial score (nSPS) is 18.1. The van der Waals surface area contributed by atoms with E-state index in [4.69, 9.17) is 9.47 Å². The van der Waals surface area contributed by atoms with Crippen molar-refractivity contribution in [3.8, 4) is 0 Å². The van der Waals surface area contributed by atoms with E-state index in [1.807, 2.05) is 19.1 Å². The molecule has 1 aliphatic rings. The van der Waals surface area contributed by atoms with Gasteiger partial charge in [-0.25, -0.2) is 4.79 Å². The van der Waals surface area contributed by atoms with Crippen LogP contribution in [0.2, 0.25) is 0 Å². The topological polar surface area (TPSA) is 81.7 Å². The maximum atomic E-state index is 13.2. The number of carbonyl (C=O) groups is 3. The van der Waals surface area contributed by atoms with E-state index in [-0.39, 0.29) is 13.2 Å². The van der Waals surface area contributed by atoms with Crippen LogP contribution < -0.4 is 5.32 Å². The molecule has 0 aromatic heterocycles. The number of benzene rings is 2. The SMILES string of the molecule is CCOC(=O)C(NC(=O)c1ccccc1)(c1ccc(C)cc1)C1CCOC1=O. The summed E-state index contributed by atoms with van der Waals surface area (Å²) in [7, 11) is 0. The van der Waals surface area contributed by atoms with Gasteiger partial charge in [0, 0.05) is 5.56 Å². The number of ether oxygens (including phenoxy) is 2. The molecule has 1 aliphatic heterocycles. The van der Waals surface area contributed by atoms with Gasteiger partial charge < -0.3 is 14.8 Å². The summed E-state index contributed by atoms with van der Waals surface area (Å²) in [6.07, 6.45) is 0.306. The van der Waals surface area contributed by atoms with Gasteiger partial charge in [0.25, 0.3) is 5.91 Å². The highest BCUT2D eigenvalue weighted by Gasteiger charge is 2.55. The summed E-state index contributed by atoms with van der Waals surface area (Å²) in [6, 6.07) is 15.7. The van der Waals surface area contributed by atoms with E-state index in [9.17, 15) is 14.4 Å². The molecule has 1 heterocycles. The molecule has 1 fully saturated rings. The Kier molecular flexibility index (Phi) is 5.78. The molecule has 2 aromatic carbocycles. The minimum absolute atomic E-state index is 0.120.